The zero-order valence-corrected chi connectivity index (χ0v) is 9.94. The fraction of sp³-hybridized carbons (Fsp3) is 0.545. The molecule has 4 heteroatoms. The zero-order chi connectivity index (χ0) is 10.5. The molecule has 0 amide bonds. The maximum atomic E-state index is 10.2. The third-order valence-electron chi connectivity index (χ3n) is 3.32. The molecule has 0 aromatic carbocycles. The lowest BCUT2D eigenvalue weighted by atomic mass is 9.88. The number of pyridine rings is 1. The van der Waals surface area contributed by atoms with Crippen LogP contribution in [-0.2, 0) is 0 Å². The summed E-state index contributed by atoms with van der Waals surface area (Å²) in [7, 11) is 0. The van der Waals surface area contributed by atoms with Crippen molar-refractivity contribution >= 4 is 21.6 Å². The number of hydrogen-bond donors (Lipinski definition) is 1. The molecular weight excluding hydrogens is 256 g/mol. The van der Waals surface area contributed by atoms with Crippen LogP contribution in [0.15, 0.2) is 22.9 Å². The third-order valence-corrected chi connectivity index (χ3v) is 3.76. The Labute approximate surface area is 97.3 Å². The average molecular weight is 269 g/mol. The van der Waals surface area contributed by atoms with Gasteiger partial charge in [0.15, 0.2) is 0 Å². The summed E-state index contributed by atoms with van der Waals surface area (Å²) in [5.41, 5.74) is 0.678. The highest BCUT2D eigenvalue weighted by Gasteiger charge is 2.51. The van der Waals surface area contributed by atoms with Crippen molar-refractivity contribution in [1.82, 2.24) is 4.98 Å². The Balaban J connectivity index is 1.71. The number of nitrogens with zero attached hydrogens (tertiary/aromatic N) is 2. The van der Waals surface area contributed by atoms with E-state index < -0.39 is 5.60 Å². The molecule has 0 unspecified atom stereocenters. The van der Waals surface area contributed by atoms with E-state index in [1.54, 1.807) is 6.20 Å². The fourth-order valence-corrected chi connectivity index (χ4v) is 2.60. The molecule has 2 fully saturated rings. The summed E-state index contributed by atoms with van der Waals surface area (Å²) in [6, 6.07) is 2.04. The van der Waals surface area contributed by atoms with Crippen LogP contribution in [0.2, 0.25) is 0 Å². The van der Waals surface area contributed by atoms with E-state index in [-0.39, 0.29) is 0 Å². The van der Waals surface area contributed by atoms with Crippen molar-refractivity contribution in [2.45, 2.75) is 18.4 Å². The second kappa shape index (κ2) is 3.19. The second-order valence-electron chi connectivity index (χ2n) is 4.60. The van der Waals surface area contributed by atoms with Crippen molar-refractivity contribution in [2.24, 2.45) is 5.92 Å². The van der Waals surface area contributed by atoms with E-state index in [0.29, 0.717) is 5.92 Å². The van der Waals surface area contributed by atoms with Crippen LogP contribution in [0, 0.1) is 5.92 Å². The minimum absolute atomic E-state index is 0.414. The predicted molar refractivity (Wildman–Crippen MR) is 61.8 cm³/mol. The van der Waals surface area contributed by atoms with Gasteiger partial charge in [0.2, 0.25) is 0 Å². The van der Waals surface area contributed by atoms with Crippen LogP contribution < -0.4 is 4.90 Å². The van der Waals surface area contributed by atoms with Gasteiger partial charge >= 0.3 is 0 Å². The maximum Gasteiger partial charge on any atom is 0.102 e. The van der Waals surface area contributed by atoms with E-state index in [9.17, 15) is 5.11 Å². The number of aliphatic hydroxyl groups is 1. The molecule has 1 saturated carbocycles. The lowest BCUT2D eigenvalue weighted by molar-refractivity contribution is -0.00933. The average Bonchev–Trinajstić information content (AvgIpc) is 2.96. The van der Waals surface area contributed by atoms with Crippen LogP contribution in [0.5, 0.6) is 0 Å². The van der Waals surface area contributed by atoms with E-state index in [2.05, 4.69) is 25.8 Å². The van der Waals surface area contributed by atoms with E-state index >= 15 is 0 Å². The highest BCUT2D eigenvalue weighted by molar-refractivity contribution is 9.10. The van der Waals surface area contributed by atoms with Gasteiger partial charge in [0, 0.05) is 23.8 Å². The summed E-state index contributed by atoms with van der Waals surface area (Å²) >= 11 is 3.40. The van der Waals surface area contributed by atoms with Gasteiger partial charge in [-0.05, 0) is 40.8 Å². The normalized spacial score (nSPS) is 23.7. The molecule has 1 aromatic heterocycles. The largest absolute Gasteiger partial charge is 0.386 e. The molecule has 1 N–H and O–H groups in total. The monoisotopic (exact) mass is 268 g/mol. The third kappa shape index (κ3) is 1.66. The SMILES string of the molecule is OC1(C2CC2)CN(c2cncc(Br)c2)C1. The van der Waals surface area contributed by atoms with Crippen molar-refractivity contribution in [1.29, 1.82) is 0 Å². The molecule has 0 atom stereocenters. The van der Waals surface area contributed by atoms with Crippen LogP contribution >= 0.6 is 15.9 Å². The first-order valence-electron chi connectivity index (χ1n) is 5.25. The van der Waals surface area contributed by atoms with Gasteiger partial charge in [-0.15, -0.1) is 0 Å². The molecule has 0 spiro atoms. The quantitative estimate of drug-likeness (QED) is 0.889. The van der Waals surface area contributed by atoms with E-state index in [1.165, 1.54) is 12.8 Å². The lowest BCUT2D eigenvalue weighted by Crippen LogP contribution is -2.63. The van der Waals surface area contributed by atoms with Gasteiger partial charge in [-0.3, -0.25) is 4.98 Å². The summed E-state index contributed by atoms with van der Waals surface area (Å²) in [6.45, 7) is 1.52. The maximum absolute atomic E-state index is 10.2. The molecule has 80 valence electrons. The molecular formula is C11H13BrN2O. The molecule has 3 nitrogen and oxygen atoms in total. The Morgan fingerprint density at radius 3 is 2.73 bits per heavy atom. The summed E-state index contributed by atoms with van der Waals surface area (Å²) in [6.07, 6.45) is 6.01. The first-order chi connectivity index (χ1) is 7.17. The van der Waals surface area contributed by atoms with Crippen LogP contribution in [0.4, 0.5) is 5.69 Å². The number of hydrogen-bond acceptors (Lipinski definition) is 3. The number of rotatable bonds is 2. The second-order valence-corrected chi connectivity index (χ2v) is 5.51. The van der Waals surface area contributed by atoms with Gasteiger partial charge in [-0.1, -0.05) is 0 Å². The Bertz CT molecular complexity index is 386. The molecule has 1 saturated heterocycles. The van der Waals surface area contributed by atoms with E-state index in [4.69, 9.17) is 0 Å². The minimum atomic E-state index is -0.414. The van der Waals surface area contributed by atoms with Gasteiger partial charge in [-0.2, -0.15) is 0 Å². The van der Waals surface area contributed by atoms with Crippen molar-refractivity contribution in [3.05, 3.63) is 22.9 Å². The van der Waals surface area contributed by atoms with Gasteiger partial charge in [0.25, 0.3) is 0 Å². The molecule has 1 aliphatic carbocycles. The van der Waals surface area contributed by atoms with Crippen molar-refractivity contribution in [3.8, 4) is 0 Å². The Kier molecular flexibility index (Phi) is 2.04. The minimum Gasteiger partial charge on any atom is -0.386 e. The van der Waals surface area contributed by atoms with Crippen LogP contribution in [0.3, 0.4) is 0 Å². The smallest absolute Gasteiger partial charge is 0.102 e. The molecule has 1 aromatic rings. The first kappa shape index (κ1) is 9.60. The molecule has 0 bridgehead atoms. The topological polar surface area (TPSA) is 36.4 Å². The molecule has 1 aliphatic heterocycles. The number of aromatic nitrogens is 1. The number of β-amino-alcohol motifs (C(OH)–C–C–N with tert-alkyl or cyclic N) is 1. The zero-order valence-electron chi connectivity index (χ0n) is 8.36. The predicted octanol–water partition coefficient (Wildman–Crippen LogP) is 1.81. The molecule has 2 heterocycles. The molecule has 3 rings (SSSR count). The van der Waals surface area contributed by atoms with Gasteiger partial charge < -0.3 is 10.0 Å². The highest BCUT2D eigenvalue weighted by Crippen LogP contribution is 2.45. The van der Waals surface area contributed by atoms with Crippen LogP contribution in [0.1, 0.15) is 12.8 Å². The summed E-state index contributed by atoms with van der Waals surface area (Å²) in [5.74, 6) is 0.550. The number of halogens is 1. The first-order valence-corrected chi connectivity index (χ1v) is 6.05. The van der Waals surface area contributed by atoms with E-state index in [1.807, 2.05) is 12.3 Å². The number of anilines is 1. The molecule has 2 aliphatic rings. The van der Waals surface area contributed by atoms with Crippen molar-refractivity contribution < 1.29 is 5.11 Å². The highest BCUT2D eigenvalue weighted by atomic mass is 79.9. The standard InChI is InChI=1S/C11H13BrN2O/c12-9-3-10(5-13-4-9)14-6-11(15,7-14)8-1-2-8/h3-5,8,15H,1-2,6-7H2. The van der Waals surface area contributed by atoms with Crippen LogP contribution in [-0.4, -0.2) is 28.8 Å². The van der Waals surface area contributed by atoms with Gasteiger partial charge in [0.1, 0.15) is 5.60 Å². The summed E-state index contributed by atoms with van der Waals surface area (Å²) in [5, 5.41) is 10.2. The van der Waals surface area contributed by atoms with Gasteiger partial charge in [0.05, 0.1) is 11.9 Å². The Morgan fingerprint density at radius 1 is 1.40 bits per heavy atom. The van der Waals surface area contributed by atoms with Gasteiger partial charge in [-0.25, -0.2) is 0 Å². The van der Waals surface area contributed by atoms with Crippen LogP contribution in [0.25, 0.3) is 0 Å². The molecule has 0 radical (unpaired) electrons. The summed E-state index contributed by atoms with van der Waals surface area (Å²) < 4.78 is 0.988. The van der Waals surface area contributed by atoms with E-state index in [0.717, 1.165) is 23.2 Å². The Morgan fingerprint density at radius 2 is 2.13 bits per heavy atom. The fourth-order valence-electron chi connectivity index (χ4n) is 2.25. The molecule has 15 heavy (non-hydrogen) atoms. The Hall–Kier alpha value is -0.610. The lowest BCUT2D eigenvalue weighted by Gasteiger charge is -2.48. The summed E-state index contributed by atoms with van der Waals surface area (Å²) in [4.78, 5) is 6.30. The van der Waals surface area contributed by atoms with Crippen molar-refractivity contribution in [2.75, 3.05) is 18.0 Å². The van der Waals surface area contributed by atoms with Crippen molar-refractivity contribution in [3.63, 3.8) is 0 Å².